The van der Waals surface area contributed by atoms with Gasteiger partial charge in [-0.1, -0.05) is 0 Å². The topological polar surface area (TPSA) is 136 Å². The van der Waals surface area contributed by atoms with Crippen LogP contribution in [0.2, 0.25) is 0 Å². The minimum Gasteiger partial charge on any atom is -0.490 e. The molecule has 2 aromatic rings. The Hall–Kier alpha value is -3.46. The third kappa shape index (κ3) is 6.01. The monoisotopic (exact) mass is 400 g/mol. The number of amides is 2. The van der Waals surface area contributed by atoms with Gasteiger partial charge >= 0.3 is 0 Å². The fourth-order valence-corrected chi connectivity index (χ4v) is 2.40. The smallest absolute Gasteiger partial charge is 0.279 e. The molecule has 0 radical (unpaired) electrons. The summed E-state index contributed by atoms with van der Waals surface area (Å²) in [6.45, 7) is 4.49. The highest BCUT2D eigenvalue weighted by atomic mass is 16.5. The van der Waals surface area contributed by atoms with Crippen molar-refractivity contribution < 1.29 is 24.2 Å². The number of amidine groups is 1. The molecule has 0 bridgehead atoms. The highest BCUT2D eigenvalue weighted by Gasteiger charge is 2.13. The van der Waals surface area contributed by atoms with Crippen molar-refractivity contribution in [2.75, 3.05) is 26.4 Å². The first-order chi connectivity index (χ1) is 14.0. The van der Waals surface area contributed by atoms with Gasteiger partial charge in [0.05, 0.1) is 19.8 Å². The standard InChI is InChI=1S/C20H24N4O5/c1-3-28-16-6-5-14(12-17(16)29-4-2)19(26)24-18(21)13-7-8-22-15(11-13)20(27)23-9-10-25/h5-8,11-12,25H,3-4,9-10H2,1-2H3,(H,23,27)(H2,21,24,26). The lowest BCUT2D eigenvalue weighted by atomic mass is 10.1. The zero-order chi connectivity index (χ0) is 21.2. The van der Waals surface area contributed by atoms with Gasteiger partial charge in [-0.05, 0) is 44.2 Å². The second-order valence-electron chi connectivity index (χ2n) is 5.74. The summed E-state index contributed by atoms with van der Waals surface area (Å²) in [7, 11) is 0. The average Bonchev–Trinajstić information content (AvgIpc) is 2.73. The van der Waals surface area contributed by atoms with Crippen LogP contribution in [-0.2, 0) is 0 Å². The molecule has 0 saturated carbocycles. The van der Waals surface area contributed by atoms with Crippen molar-refractivity contribution in [3.63, 3.8) is 0 Å². The highest BCUT2D eigenvalue weighted by Crippen LogP contribution is 2.28. The van der Waals surface area contributed by atoms with Crippen LogP contribution < -0.4 is 20.5 Å². The second-order valence-corrected chi connectivity index (χ2v) is 5.74. The first kappa shape index (κ1) is 21.8. The number of carbonyl (C=O) groups excluding carboxylic acids is 2. The van der Waals surface area contributed by atoms with E-state index in [9.17, 15) is 9.59 Å². The van der Waals surface area contributed by atoms with Crippen molar-refractivity contribution in [2.45, 2.75) is 13.8 Å². The van der Waals surface area contributed by atoms with Gasteiger partial charge in [0.25, 0.3) is 11.8 Å². The number of nitrogens with zero attached hydrogens (tertiary/aromatic N) is 2. The van der Waals surface area contributed by atoms with Crippen LogP contribution in [0.1, 0.15) is 40.3 Å². The normalized spacial score (nSPS) is 11.1. The van der Waals surface area contributed by atoms with E-state index in [1.807, 2.05) is 13.8 Å². The van der Waals surface area contributed by atoms with Gasteiger partial charge in [0.1, 0.15) is 11.5 Å². The maximum absolute atomic E-state index is 12.5. The van der Waals surface area contributed by atoms with Crippen molar-refractivity contribution in [1.29, 1.82) is 0 Å². The zero-order valence-corrected chi connectivity index (χ0v) is 16.3. The molecule has 1 heterocycles. The van der Waals surface area contributed by atoms with Crippen molar-refractivity contribution in [2.24, 2.45) is 10.7 Å². The number of aromatic nitrogens is 1. The van der Waals surface area contributed by atoms with Gasteiger partial charge in [0, 0.05) is 23.9 Å². The molecule has 0 spiro atoms. The molecule has 0 aliphatic carbocycles. The van der Waals surface area contributed by atoms with Crippen LogP contribution in [0.25, 0.3) is 0 Å². The predicted molar refractivity (Wildman–Crippen MR) is 107 cm³/mol. The molecule has 2 rings (SSSR count). The molecule has 1 aromatic carbocycles. The van der Waals surface area contributed by atoms with E-state index in [1.165, 1.54) is 12.3 Å². The first-order valence-corrected chi connectivity index (χ1v) is 9.13. The quantitative estimate of drug-likeness (QED) is 0.424. The van der Waals surface area contributed by atoms with Gasteiger partial charge < -0.3 is 25.6 Å². The number of aliphatic imine (C=N–C) groups is 1. The number of pyridine rings is 1. The molecule has 0 unspecified atom stereocenters. The molecule has 1 aromatic heterocycles. The van der Waals surface area contributed by atoms with Gasteiger partial charge in [-0.25, -0.2) is 0 Å². The van der Waals surface area contributed by atoms with Crippen LogP contribution in [0.5, 0.6) is 11.5 Å². The number of hydrogen-bond acceptors (Lipinski definition) is 6. The Morgan fingerprint density at radius 2 is 1.83 bits per heavy atom. The minimum atomic E-state index is -0.561. The Labute approximate surface area is 168 Å². The Bertz CT molecular complexity index is 898. The van der Waals surface area contributed by atoms with Crippen molar-refractivity contribution in [3.8, 4) is 11.5 Å². The van der Waals surface area contributed by atoms with E-state index in [-0.39, 0.29) is 30.2 Å². The number of aliphatic hydroxyl groups is 1. The summed E-state index contributed by atoms with van der Waals surface area (Å²) in [5.41, 5.74) is 6.71. The number of hydrogen-bond donors (Lipinski definition) is 3. The Morgan fingerprint density at radius 3 is 2.52 bits per heavy atom. The number of benzene rings is 1. The molecule has 2 amide bonds. The van der Waals surface area contributed by atoms with E-state index in [2.05, 4.69) is 15.3 Å². The molecular formula is C20H24N4O5. The molecule has 0 aliphatic rings. The van der Waals surface area contributed by atoms with Gasteiger partial charge in [-0.15, -0.1) is 0 Å². The summed E-state index contributed by atoms with van der Waals surface area (Å²) >= 11 is 0. The van der Waals surface area contributed by atoms with E-state index < -0.39 is 11.8 Å². The molecule has 29 heavy (non-hydrogen) atoms. The van der Waals surface area contributed by atoms with E-state index in [4.69, 9.17) is 20.3 Å². The molecule has 0 aliphatic heterocycles. The average molecular weight is 400 g/mol. The van der Waals surface area contributed by atoms with Gasteiger partial charge in [0.15, 0.2) is 11.5 Å². The van der Waals surface area contributed by atoms with Crippen molar-refractivity contribution in [3.05, 3.63) is 53.3 Å². The number of nitrogens with one attached hydrogen (secondary N) is 1. The maximum Gasteiger partial charge on any atom is 0.279 e. The van der Waals surface area contributed by atoms with E-state index in [1.54, 1.807) is 24.3 Å². The number of ether oxygens (including phenoxy) is 2. The summed E-state index contributed by atoms with van der Waals surface area (Å²) < 4.78 is 11.0. The van der Waals surface area contributed by atoms with Crippen LogP contribution in [0.4, 0.5) is 0 Å². The fraction of sp³-hybridized carbons (Fsp3) is 0.300. The van der Waals surface area contributed by atoms with E-state index in [0.717, 1.165) is 0 Å². The van der Waals surface area contributed by atoms with E-state index >= 15 is 0 Å². The molecule has 9 nitrogen and oxygen atoms in total. The summed E-state index contributed by atoms with van der Waals surface area (Å²) in [6, 6.07) is 7.73. The fourth-order valence-electron chi connectivity index (χ4n) is 2.40. The highest BCUT2D eigenvalue weighted by molar-refractivity contribution is 6.09. The summed E-state index contributed by atoms with van der Waals surface area (Å²) in [6.07, 6.45) is 1.39. The number of rotatable bonds is 9. The molecular weight excluding hydrogens is 376 g/mol. The number of nitrogens with two attached hydrogens (primary N) is 1. The third-order valence-corrected chi connectivity index (χ3v) is 3.70. The Morgan fingerprint density at radius 1 is 1.10 bits per heavy atom. The zero-order valence-electron chi connectivity index (χ0n) is 16.3. The van der Waals surface area contributed by atoms with Crippen molar-refractivity contribution in [1.82, 2.24) is 10.3 Å². The van der Waals surface area contributed by atoms with Crippen molar-refractivity contribution >= 4 is 17.6 Å². The summed E-state index contributed by atoms with van der Waals surface area (Å²) in [5, 5.41) is 11.3. The number of aliphatic hydroxyl groups excluding tert-OH is 1. The molecule has 4 N–H and O–H groups in total. The minimum absolute atomic E-state index is 0.0551. The van der Waals surface area contributed by atoms with Gasteiger partial charge in [-0.2, -0.15) is 4.99 Å². The molecule has 9 heteroatoms. The SMILES string of the molecule is CCOc1ccc(C(=O)N=C(N)c2ccnc(C(=O)NCCO)c2)cc1OCC. The van der Waals surface area contributed by atoms with Gasteiger partial charge in [0.2, 0.25) is 0 Å². The molecule has 154 valence electrons. The summed E-state index contributed by atoms with van der Waals surface area (Å²) in [4.78, 5) is 32.3. The summed E-state index contributed by atoms with van der Waals surface area (Å²) in [5.74, 6) is -0.0980. The lowest BCUT2D eigenvalue weighted by molar-refractivity contribution is 0.0939. The molecule has 0 atom stereocenters. The van der Waals surface area contributed by atoms with Crippen LogP contribution in [0, 0.1) is 0 Å². The van der Waals surface area contributed by atoms with Crippen LogP contribution in [0.3, 0.4) is 0 Å². The Balaban J connectivity index is 2.24. The van der Waals surface area contributed by atoms with Gasteiger partial charge in [-0.3, -0.25) is 14.6 Å². The van der Waals surface area contributed by atoms with E-state index in [0.29, 0.717) is 30.3 Å². The lowest BCUT2D eigenvalue weighted by Gasteiger charge is -2.11. The first-order valence-electron chi connectivity index (χ1n) is 9.13. The largest absolute Gasteiger partial charge is 0.490 e. The van der Waals surface area contributed by atoms with Crippen LogP contribution in [0.15, 0.2) is 41.5 Å². The predicted octanol–water partition coefficient (Wildman–Crippen LogP) is 1.15. The lowest BCUT2D eigenvalue weighted by Crippen LogP contribution is -2.27. The molecule has 0 fully saturated rings. The second kappa shape index (κ2) is 10.8. The number of carbonyl (C=O) groups is 2. The maximum atomic E-state index is 12.5. The van der Waals surface area contributed by atoms with Crippen LogP contribution >= 0.6 is 0 Å². The third-order valence-electron chi connectivity index (χ3n) is 3.70. The van der Waals surface area contributed by atoms with Crippen LogP contribution in [-0.4, -0.2) is 54.1 Å². The molecule has 0 saturated heterocycles. The Kier molecular flexibility index (Phi) is 8.11.